The van der Waals surface area contributed by atoms with Crippen LogP contribution in [0.5, 0.6) is 0 Å². The Morgan fingerprint density at radius 2 is 2.16 bits per heavy atom. The summed E-state index contributed by atoms with van der Waals surface area (Å²) in [5, 5.41) is 3.99. The van der Waals surface area contributed by atoms with Crippen molar-refractivity contribution in [3.8, 4) is 0 Å². The van der Waals surface area contributed by atoms with E-state index in [1.807, 2.05) is 0 Å². The summed E-state index contributed by atoms with van der Waals surface area (Å²) >= 11 is 1.47. The topological polar surface area (TPSA) is 51.0 Å². The van der Waals surface area contributed by atoms with Crippen LogP contribution in [0.3, 0.4) is 0 Å². The minimum Gasteiger partial charge on any atom is -0.283 e. The van der Waals surface area contributed by atoms with Gasteiger partial charge in [-0.2, -0.15) is 18.3 Å². The maximum Gasteiger partial charge on any atom is 0.435 e. The van der Waals surface area contributed by atoms with Crippen molar-refractivity contribution in [3.05, 3.63) is 41.2 Å². The maximum absolute atomic E-state index is 12.6. The van der Waals surface area contributed by atoms with Gasteiger partial charge < -0.3 is 0 Å². The molecule has 0 bridgehead atoms. The van der Waals surface area contributed by atoms with Crippen molar-refractivity contribution in [2.24, 2.45) is 0 Å². The Morgan fingerprint density at radius 3 is 2.80 bits per heavy atom. The average Bonchev–Trinajstić information content (AvgIpc) is 3.18. The molecule has 5 nitrogen and oxygen atoms in total. The van der Waals surface area contributed by atoms with E-state index in [9.17, 15) is 18.0 Å². The summed E-state index contributed by atoms with van der Waals surface area (Å²) in [4.78, 5) is 19.8. The molecule has 0 saturated heterocycles. The molecule has 0 radical (unpaired) electrons. The van der Waals surface area contributed by atoms with Crippen molar-refractivity contribution in [2.45, 2.75) is 38.4 Å². The molecule has 0 aliphatic heterocycles. The van der Waals surface area contributed by atoms with Crippen molar-refractivity contribution >= 4 is 22.4 Å². The van der Waals surface area contributed by atoms with Crippen LogP contribution in [0.1, 0.15) is 29.1 Å². The molecule has 0 aromatic carbocycles. The number of aromatic nitrogens is 3. The number of halogens is 3. The highest BCUT2D eigenvalue weighted by atomic mass is 32.1. The molecular formula is C16H17F3N4OS. The first kappa shape index (κ1) is 17.7. The molecule has 25 heavy (non-hydrogen) atoms. The molecule has 0 N–H and O–H groups in total. The summed E-state index contributed by atoms with van der Waals surface area (Å²) in [5.41, 5.74) is 0.00634. The van der Waals surface area contributed by atoms with Gasteiger partial charge in [-0.3, -0.25) is 14.4 Å². The predicted octanol–water partition coefficient (Wildman–Crippen LogP) is 3.46. The third kappa shape index (κ3) is 3.92. The Balaban J connectivity index is 1.78. The fraction of sp³-hybridized carbons (Fsp3) is 0.438. The van der Waals surface area contributed by atoms with E-state index in [4.69, 9.17) is 0 Å². The average molecular weight is 370 g/mol. The van der Waals surface area contributed by atoms with Gasteiger partial charge in [-0.1, -0.05) is 6.08 Å². The van der Waals surface area contributed by atoms with Crippen LogP contribution in [0.25, 0.3) is 0 Å². The van der Waals surface area contributed by atoms with Gasteiger partial charge in [0.2, 0.25) is 0 Å². The molecule has 0 atom stereocenters. The number of anilines is 1. The lowest BCUT2D eigenvalue weighted by atomic mass is 10.0. The summed E-state index contributed by atoms with van der Waals surface area (Å²) in [7, 11) is 0. The maximum atomic E-state index is 12.6. The molecule has 1 aliphatic carbocycles. The smallest absolute Gasteiger partial charge is 0.283 e. The lowest BCUT2D eigenvalue weighted by Gasteiger charge is -2.18. The molecule has 134 valence electrons. The van der Waals surface area contributed by atoms with Crippen LogP contribution in [-0.2, 0) is 30.4 Å². The first-order valence-electron chi connectivity index (χ1n) is 7.89. The zero-order chi connectivity index (χ0) is 18.0. The van der Waals surface area contributed by atoms with Gasteiger partial charge in [0.15, 0.2) is 10.8 Å². The van der Waals surface area contributed by atoms with E-state index in [0.717, 1.165) is 48.3 Å². The zero-order valence-electron chi connectivity index (χ0n) is 13.4. The Morgan fingerprint density at radius 1 is 1.40 bits per heavy atom. The second kappa shape index (κ2) is 6.99. The van der Waals surface area contributed by atoms with E-state index >= 15 is 0 Å². The largest absolute Gasteiger partial charge is 0.435 e. The number of carbonyl (C=O) groups is 1. The lowest BCUT2D eigenvalue weighted by molar-refractivity contribution is -0.141. The van der Waals surface area contributed by atoms with Crippen LogP contribution in [0.15, 0.2) is 24.9 Å². The van der Waals surface area contributed by atoms with E-state index in [2.05, 4.69) is 16.7 Å². The molecular weight excluding hydrogens is 353 g/mol. The first-order valence-corrected chi connectivity index (χ1v) is 8.70. The molecule has 0 unspecified atom stereocenters. The van der Waals surface area contributed by atoms with Crippen LogP contribution in [0, 0.1) is 0 Å². The minimum absolute atomic E-state index is 0.249. The standard InChI is InChI=1S/C16H17F3N4OS/c1-2-8-23(15-20-11-5-3-4-6-12(11)25-15)14(24)10-22-9-7-13(21-22)16(17,18)19/h2,7,9H,1,3-6,8,10H2. The van der Waals surface area contributed by atoms with Gasteiger partial charge in [0.05, 0.1) is 5.69 Å². The Hall–Kier alpha value is -2.16. The Kier molecular flexibility index (Phi) is 4.94. The van der Waals surface area contributed by atoms with Crippen LogP contribution in [0.2, 0.25) is 0 Å². The SMILES string of the molecule is C=CCN(C(=O)Cn1ccc(C(F)(F)F)n1)c1nc2c(s1)CCCC2. The van der Waals surface area contributed by atoms with E-state index in [0.29, 0.717) is 5.13 Å². The third-order valence-corrected chi connectivity index (χ3v) is 5.09. The van der Waals surface area contributed by atoms with E-state index in [-0.39, 0.29) is 19.0 Å². The fourth-order valence-electron chi connectivity index (χ4n) is 2.69. The highest BCUT2D eigenvalue weighted by Crippen LogP contribution is 2.32. The first-order chi connectivity index (χ1) is 11.9. The fourth-order valence-corrected chi connectivity index (χ4v) is 3.87. The molecule has 1 aliphatic rings. The summed E-state index contributed by atoms with van der Waals surface area (Å²) in [6.07, 6.45) is 2.25. The molecule has 0 saturated carbocycles. The molecule has 2 aromatic rings. The van der Waals surface area contributed by atoms with Gasteiger partial charge in [-0.05, 0) is 31.7 Å². The number of nitrogens with zero attached hydrogens (tertiary/aromatic N) is 4. The Bertz CT molecular complexity index is 757. The second-order valence-corrected chi connectivity index (χ2v) is 6.82. The van der Waals surface area contributed by atoms with Gasteiger partial charge in [0, 0.05) is 17.6 Å². The highest BCUT2D eigenvalue weighted by molar-refractivity contribution is 7.16. The summed E-state index contributed by atoms with van der Waals surface area (Å²) < 4.78 is 38.9. The number of fused-ring (bicyclic) bond motifs is 1. The quantitative estimate of drug-likeness (QED) is 0.758. The van der Waals surface area contributed by atoms with Gasteiger partial charge in [-0.15, -0.1) is 17.9 Å². The molecule has 3 rings (SSSR count). The van der Waals surface area contributed by atoms with Crippen molar-refractivity contribution < 1.29 is 18.0 Å². The molecule has 1 amide bonds. The number of hydrogen-bond donors (Lipinski definition) is 0. The molecule has 0 fully saturated rings. The van der Waals surface area contributed by atoms with E-state index in [1.54, 1.807) is 6.08 Å². The number of thiazole rings is 1. The molecule has 0 spiro atoms. The molecule has 2 aromatic heterocycles. The van der Waals surface area contributed by atoms with Crippen LogP contribution in [-0.4, -0.2) is 27.2 Å². The van der Waals surface area contributed by atoms with Crippen molar-refractivity contribution in [1.29, 1.82) is 0 Å². The zero-order valence-corrected chi connectivity index (χ0v) is 14.2. The second-order valence-electron chi connectivity index (χ2n) is 5.76. The number of aryl methyl sites for hydroxylation is 2. The number of rotatable bonds is 5. The number of amides is 1. The van der Waals surface area contributed by atoms with Crippen LogP contribution >= 0.6 is 11.3 Å². The monoisotopic (exact) mass is 370 g/mol. The third-order valence-electron chi connectivity index (χ3n) is 3.91. The summed E-state index contributed by atoms with van der Waals surface area (Å²) in [5.74, 6) is -0.372. The van der Waals surface area contributed by atoms with Crippen molar-refractivity contribution in [1.82, 2.24) is 14.8 Å². The van der Waals surface area contributed by atoms with Gasteiger partial charge in [0.25, 0.3) is 5.91 Å². The number of alkyl halides is 3. The normalized spacial score (nSPS) is 14.2. The number of hydrogen-bond acceptors (Lipinski definition) is 4. The van der Waals surface area contributed by atoms with Gasteiger partial charge >= 0.3 is 6.18 Å². The van der Waals surface area contributed by atoms with Gasteiger partial charge in [0.1, 0.15) is 6.54 Å². The van der Waals surface area contributed by atoms with Crippen LogP contribution in [0.4, 0.5) is 18.3 Å². The minimum atomic E-state index is -4.52. The Labute approximate surface area is 146 Å². The van der Waals surface area contributed by atoms with Gasteiger partial charge in [-0.25, -0.2) is 4.98 Å². The number of carbonyl (C=O) groups excluding carboxylic acids is 1. The van der Waals surface area contributed by atoms with E-state index in [1.165, 1.54) is 21.1 Å². The molecule has 9 heteroatoms. The lowest BCUT2D eigenvalue weighted by Crippen LogP contribution is -2.34. The highest BCUT2D eigenvalue weighted by Gasteiger charge is 2.34. The van der Waals surface area contributed by atoms with E-state index < -0.39 is 11.9 Å². The van der Waals surface area contributed by atoms with Crippen molar-refractivity contribution in [2.75, 3.05) is 11.4 Å². The van der Waals surface area contributed by atoms with Crippen LogP contribution < -0.4 is 4.90 Å². The summed E-state index contributed by atoms with van der Waals surface area (Å²) in [6.45, 7) is 3.61. The predicted molar refractivity (Wildman–Crippen MR) is 88.5 cm³/mol. The van der Waals surface area contributed by atoms with Crippen molar-refractivity contribution in [3.63, 3.8) is 0 Å². The molecule has 2 heterocycles. The summed E-state index contributed by atoms with van der Waals surface area (Å²) in [6, 6.07) is 0.854.